The Hall–Kier alpha value is -1.95. The number of nitrogens with zero attached hydrogens (tertiary/aromatic N) is 3. The van der Waals surface area contributed by atoms with Crippen LogP contribution in [0.4, 0.5) is 5.82 Å². The number of nitrogens with one attached hydrogen (secondary N) is 1. The lowest BCUT2D eigenvalue weighted by molar-refractivity contribution is 0.139. The fourth-order valence-corrected chi connectivity index (χ4v) is 2.66. The van der Waals surface area contributed by atoms with Gasteiger partial charge in [-0.2, -0.15) is 0 Å². The molecule has 0 spiro atoms. The van der Waals surface area contributed by atoms with Crippen LogP contribution in [0.1, 0.15) is 44.6 Å². The molecule has 2 aromatic rings. The van der Waals surface area contributed by atoms with E-state index in [0.717, 1.165) is 47.7 Å². The van der Waals surface area contributed by atoms with Crippen LogP contribution in [-0.2, 0) is 11.2 Å². The highest BCUT2D eigenvalue weighted by Gasteiger charge is 2.22. The minimum atomic E-state index is 0.0484. The lowest BCUT2D eigenvalue weighted by atomic mass is 10.1. The molecular formula is C17H24N4O2. The van der Waals surface area contributed by atoms with E-state index in [1.54, 1.807) is 0 Å². The van der Waals surface area contributed by atoms with Crippen molar-refractivity contribution in [3.05, 3.63) is 17.6 Å². The molecule has 0 radical (unpaired) electrons. The molecule has 1 N–H and O–H groups in total. The Morgan fingerprint density at radius 2 is 2.17 bits per heavy atom. The lowest BCUT2D eigenvalue weighted by Gasteiger charge is -2.17. The Labute approximate surface area is 136 Å². The first-order valence-corrected chi connectivity index (χ1v) is 8.26. The third-order valence-corrected chi connectivity index (χ3v) is 4.00. The minimum Gasteiger partial charge on any atom is -0.471 e. The van der Waals surface area contributed by atoms with Crippen LogP contribution in [-0.4, -0.2) is 41.3 Å². The maximum Gasteiger partial charge on any atom is 0.227 e. The summed E-state index contributed by atoms with van der Waals surface area (Å²) in [6, 6.07) is 2.03. The Bertz CT molecular complexity index is 697. The molecular weight excluding hydrogens is 292 g/mol. The second-order valence-corrected chi connectivity index (χ2v) is 6.10. The van der Waals surface area contributed by atoms with Crippen molar-refractivity contribution in [3.8, 4) is 5.88 Å². The molecule has 23 heavy (non-hydrogen) atoms. The number of pyridine rings is 1. The highest BCUT2D eigenvalue weighted by molar-refractivity contribution is 5.93. The molecule has 1 fully saturated rings. The van der Waals surface area contributed by atoms with E-state index in [-0.39, 0.29) is 12.0 Å². The van der Waals surface area contributed by atoms with Gasteiger partial charge in [0, 0.05) is 25.1 Å². The highest BCUT2D eigenvalue weighted by Crippen LogP contribution is 2.32. The minimum absolute atomic E-state index is 0.0484. The Morgan fingerprint density at radius 1 is 1.35 bits per heavy atom. The average Bonchev–Trinajstić information content (AvgIpc) is 3.06. The molecule has 124 valence electrons. The number of rotatable bonds is 5. The number of hydrogen-bond donors (Lipinski definition) is 1. The molecule has 0 aromatic carbocycles. The van der Waals surface area contributed by atoms with Gasteiger partial charge in [-0.15, -0.1) is 0 Å². The quantitative estimate of drug-likeness (QED) is 0.914. The summed E-state index contributed by atoms with van der Waals surface area (Å²) in [5, 5.41) is 4.01. The second kappa shape index (κ2) is 6.66. The molecule has 1 saturated heterocycles. The van der Waals surface area contributed by atoms with Crippen molar-refractivity contribution in [1.82, 2.24) is 15.0 Å². The fraction of sp³-hybridized carbons (Fsp3) is 0.588. The van der Waals surface area contributed by atoms with E-state index in [1.807, 2.05) is 13.1 Å². The normalized spacial score (nSPS) is 17.9. The summed E-state index contributed by atoms with van der Waals surface area (Å²) in [5.74, 6) is 2.46. The van der Waals surface area contributed by atoms with E-state index in [4.69, 9.17) is 14.5 Å². The third kappa shape index (κ3) is 3.22. The summed E-state index contributed by atoms with van der Waals surface area (Å²) in [6.45, 7) is 7.62. The van der Waals surface area contributed by atoms with Crippen LogP contribution in [0.25, 0.3) is 10.9 Å². The van der Waals surface area contributed by atoms with Gasteiger partial charge in [0.15, 0.2) is 0 Å². The molecule has 3 heterocycles. The Kier molecular flexibility index (Phi) is 4.61. The molecule has 1 atom stereocenters. The zero-order valence-electron chi connectivity index (χ0n) is 14.2. The van der Waals surface area contributed by atoms with E-state index in [9.17, 15) is 0 Å². The van der Waals surface area contributed by atoms with E-state index in [2.05, 4.69) is 36.1 Å². The monoisotopic (exact) mass is 316 g/mol. The van der Waals surface area contributed by atoms with Gasteiger partial charge in [0.1, 0.15) is 23.1 Å². The number of anilines is 1. The van der Waals surface area contributed by atoms with Crippen LogP contribution in [0.2, 0.25) is 0 Å². The van der Waals surface area contributed by atoms with Crippen LogP contribution < -0.4 is 10.1 Å². The van der Waals surface area contributed by atoms with Gasteiger partial charge >= 0.3 is 0 Å². The molecule has 0 saturated carbocycles. The van der Waals surface area contributed by atoms with Gasteiger partial charge in [-0.1, -0.05) is 20.8 Å². The zero-order chi connectivity index (χ0) is 16.4. The van der Waals surface area contributed by atoms with Crippen molar-refractivity contribution >= 4 is 16.7 Å². The van der Waals surface area contributed by atoms with E-state index >= 15 is 0 Å². The van der Waals surface area contributed by atoms with Gasteiger partial charge in [0.2, 0.25) is 5.88 Å². The topological polar surface area (TPSA) is 69.2 Å². The second-order valence-electron chi connectivity index (χ2n) is 6.10. The molecule has 0 aliphatic carbocycles. The zero-order valence-corrected chi connectivity index (χ0v) is 14.2. The number of fused-ring (bicyclic) bond motifs is 1. The van der Waals surface area contributed by atoms with E-state index < -0.39 is 0 Å². The third-order valence-electron chi connectivity index (χ3n) is 4.00. The average molecular weight is 316 g/mol. The van der Waals surface area contributed by atoms with Crippen LogP contribution in [0.15, 0.2) is 6.07 Å². The van der Waals surface area contributed by atoms with Crippen molar-refractivity contribution in [2.75, 3.05) is 25.6 Å². The van der Waals surface area contributed by atoms with Crippen LogP contribution in [0.3, 0.4) is 0 Å². The van der Waals surface area contributed by atoms with E-state index in [0.29, 0.717) is 12.5 Å². The van der Waals surface area contributed by atoms with Gasteiger partial charge in [-0.05, 0) is 12.5 Å². The van der Waals surface area contributed by atoms with Gasteiger partial charge in [0.05, 0.1) is 18.7 Å². The molecule has 6 nitrogen and oxygen atoms in total. The predicted molar refractivity (Wildman–Crippen MR) is 90.2 cm³/mol. The summed E-state index contributed by atoms with van der Waals surface area (Å²) in [6.07, 6.45) is 1.77. The molecule has 1 aliphatic rings. The molecule has 1 unspecified atom stereocenters. The van der Waals surface area contributed by atoms with Gasteiger partial charge in [-0.3, -0.25) is 0 Å². The van der Waals surface area contributed by atoms with E-state index in [1.165, 1.54) is 0 Å². The summed E-state index contributed by atoms with van der Waals surface area (Å²) in [7, 11) is 1.86. The molecule has 6 heteroatoms. The highest BCUT2D eigenvalue weighted by atomic mass is 16.5. The van der Waals surface area contributed by atoms with Crippen molar-refractivity contribution in [1.29, 1.82) is 0 Å². The molecule has 0 amide bonds. The van der Waals surface area contributed by atoms with Crippen molar-refractivity contribution in [2.24, 2.45) is 0 Å². The number of hydrogen-bond acceptors (Lipinski definition) is 6. The number of aromatic nitrogens is 3. The fourth-order valence-electron chi connectivity index (χ4n) is 2.66. The first-order valence-electron chi connectivity index (χ1n) is 8.26. The predicted octanol–water partition coefficient (Wildman–Crippen LogP) is 2.92. The van der Waals surface area contributed by atoms with Gasteiger partial charge in [-0.25, -0.2) is 15.0 Å². The standard InChI is InChI=1S/C17H24N4O2/c1-5-11-8-13-14(16(18-4)21-15(20-13)10(2)3)17(19-11)23-12-6-7-22-9-12/h8,10,12H,5-7,9H2,1-4H3,(H,18,20,21). The largest absolute Gasteiger partial charge is 0.471 e. The lowest BCUT2D eigenvalue weighted by Crippen LogP contribution is -2.17. The maximum absolute atomic E-state index is 6.12. The molecule has 3 rings (SSSR count). The van der Waals surface area contributed by atoms with Crippen molar-refractivity contribution in [3.63, 3.8) is 0 Å². The summed E-state index contributed by atoms with van der Waals surface area (Å²) >= 11 is 0. The molecule has 0 bridgehead atoms. The SMILES string of the molecule is CCc1cc2nc(C(C)C)nc(NC)c2c(OC2CCOC2)n1. The van der Waals surface area contributed by atoms with Gasteiger partial charge < -0.3 is 14.8 Å². The van der Waals surface area contributed by atoms with Crippen molar-refractivity contribution < 1.29 is 9.47 Å². The van der Waals surface area contributed by atoms with Crippen molar-refractivity contribution in [2.45, 2.75) is 45.6 Å². The molecule has 2 aromatic heterocycles. The first kappa shape index (κ1) is 15.9. The van der Waals surface area contributed by atoms with Crippen LogP contribution in [0, 0.1) is 0 Å². The molecule has 1 aliphatic heterocycles. The summed E-state index contributed by atoms with van der Waals surface area (Å²) in [4.78, 5) is 14.0. The summed E-state index contributed by atoms with van der Waals surface area (Å²) < 4.78 is 11.5. The summed E-state index contributed by atoms with van der Waals surface area (Å²) in [5.41, 5.74) is 1.86. The van der Waals surface area contributed by atoms with Crippen LogP contribution in [0.5, 0.6) is 5.88 Å². The first-order chi connectivity index (χ1) is 11.1. The number of aryl methyl sites for hydroxylation is 1. The Morgan fingerprint density at radius 3 is 2.78 bits per heavy atom. The Balaban J connectivity index is 2.15. The van der Waals surface area contributed by atoms with Crippen LogP contribution >= 0.6 is 0 Å². The smallest absolute Gasteiger partial charge is 0.227 e. The number of ether oxygens (including phenoxy) is 2. The maximum atomic E-state index is 6.12. The van der Waals surface area contributed by atoms with Gasteiger partial charge in [0.25, 0.3) is 0 Å².